The number of oxime groups is 1. The van der Waals surface area contributed by atoms with Gasteiger partial charge in [0.05, 0.1) is 10.7 Å². The van der Waals surface area contributed by atoms with Crippen LogP contribution in [0.25, 0.3) is 0 Å². The number of carbonyl (C=O) groups is 1. The summed E-state index contributed by atoms with van der Waals surface area (Å²) in [5.74, 6) is -0.360. The lowest BCUT2D eigenvalue weighted by molar-refractivity contribution is -0.143. The van der Waals surface area contributed by atoms with Crippen LogP contribution in [0, 0.1) is 0 Å². The maximum Gasteiger partial charge on any atom is 0.433 e. The minimum absolute atomic E-state index is 0.181. The molecule has 0 aliphatic carbocycles. The highest BCUT2D eigenvalue weighted by molar-refractivity contribution is 7.10. The van der Waals surface area contributed by atoms with E-state index in [9.17, 15) is 18.0 Å². The number of benzene rings is 1. The number of amides is 1. The standard InChI is InChI=1S/C24H22Cl2F3N5O3S/c1-33-19(24(27,28)29)10-20(31-33)36-11-21(35)34-7-5-13(6-8-34)23-30-17(12-38-23)16-9-18(37-32-16)22-14(25)3-2-4-15(22)26/h2-4,10,12-13,18H,5-9,11H2,1H3. The van der Waals surface area contributed by atoms with Crippen molar-refractivity contribution in [3.05, 3.63) is 61.6 Å². The molecule has 2 aliphatic heterocycles. The Morgan fingerprint density at radius 3 is 2.61 bits per heavy atom. The number of hydrogen-bond donors (Lipinski definition) is 0. The Morgan fingerprint density at radius 1 is 1.24 bits per heavy atom. The third-order valence-electron chi connectivity index (χ3n) is 6.50. The van der Waals surface area contributed by atoms with Crippen molar-refractivity contribution in [2.45, 2.75) is 37.5 Å². The first-order valence-electron chi connectivity index (χ1n) is 11.7. The average Bonchev–Trinajstić information content (AvgIpc) is 3.62. The molecule has 1 unspecified atom stereocenters. The van der Waals surface area contributed by atoms with Crippen LogP contribution in [-0.4, -0.2) is 51.0 Å². The lowest BCUT2D eigenvalue weighted by Crippen LogP contribution is -2.40. The van der Waals surface area contributed by atoms with Gasteiger partial charge in [-0.25, -0.2) is 4.98 Å². The summed E-state index contributed by atoms with van der Waals surface area (Å²) in [4.78, 5) is 24.6. The van der Waals surface area contributed by atoms with Crippen LogP contribution in [0.3, 0.4) is 0 Å². The highest BCUT2D eigenvalue weighted by atomic mass is 35.5. The minimum atomic E-state index is -4.55. The van der Waals surface area contributed by atoms with Crippen LogP contribution >= 0.6 is 34.5 Å². The van der Waals surface area contributed by atoms with E-state index in [1.54, 1.807) is 23.1 Å². The maximum atomic E-state index is 12.9. The molecule has 0 spiro atoms. The summed E-state index contributed by atoms with van der Waals surface area (Å²) >= 11 is 14.2. The number of hydrogen-bond acceptors (Lipinski definition) is 7. The highest BCUT2D eigenvalue weighted by Crippen LogP contribution is 2.39. The Kier molecular flexibility index (Phi) is 7.56. The zero-order chi connectivity index (χ0) is 27.0. The molecule has 0 N–H and O–H groups in total. The van der Waals surface area contributed by atoms with E-state index in [0.29, 0.717) is 52.6 Å². The fraction of sp³-hybridized carbons (Fsp3) is 0.417. The largest absolute Gasteiger partial charge is 0.466 e. The molecule has 1 amide bonds. The van der Waals surface area contributed by atoms with Crippen molar-refractivity contribution in [1.29, 1.82) is 0 Å². The average molecular weight is 588 g/mol. The van der Waals surface area contributed by atoms with E-state index < -0.39 is 11.9 Å². The third kappa shape index (κ3) is 5.62. The molecule has 3 aromatic rings. The Labute approximate surface area is 229 Å². The quantitative estimate of drug-likeness (QED) is 0.361. The molecule has 2 aliphatic rings. The van der Waals surface area contributed by atoms with Crippen LogP contribution in [-0.2, 0) is 22.9 Å². The van der Waals surface area contributed by atoms with Gasteiger partial charge in [-0.15, -0.1) is 16.4 Å². The number of rotatable bonds is 6. The van der Waals surface area contributed by atoms with E-state index >= 15 is 0 Å². The van der Waals surface area contributed by atoms with Gasteiger partial charge >= 0.3 is 6.18 Å². The molecule has 4 heterocycles. The molecular weight excluding hydrogens is 566 g/mol. The van der Waals surface area contributed by atoms with Crippen LogP contribution in [0.5, 0.6) is 5.88 Å². The molecule has 1 atom stereocenters. The first-order valence-corrected chi connectivity index (χ1v) is 13.4. The van der Waals surface area contributed by atoms with Gasteiger partial charge in [-0.3, -0.25) is 9.48 Å². The number of thiazole rings is 1. The number of alkyl halides is 3. The topological polar surface area (TPSA) is 81.8 Å². The second-order valence-electron chi connectivity index (χ2n) is 8.98. The number of halogens is 5. The van der Waals surface area contributed by atoms with Gasteiger partial charge in [0, 0.05) is 59.5 Å². The molecule has 2 aromatic heterocycles. The minimum Gasteiger partial charge on any atom is -0.466 e. The van der Waals surface area contributed by atoms with Crippen molar-refractivity contribution >= 4 is 46.2 Å². The van der Waals surface area contributed by atoms with Crippen LogP contribution in [0.4, 0.5) is 13.2 Å². The summed E-state index contributed by atoms with van der Waals surface area (Å²) < 4.78 is 44.7. The zero-order valence-electron chi connectivity index (χ0n) is 20.0. The normalized spacial score (nSPS) is 18.4. The summed E-state index contributed by atoms with van der Waals surface area (Å²) in [5.41, 5.74) is 1.23. The molecule has 0 saturated carbocycles. The van der Waals surface area contributed by atoms with E-state index in [1.807, 2.05) is 5.38 Å². The van der Waals surface area contributed by atoms with Crippen molar-refractivity contribution in [1.82, 2.24) is 19.7 Å². The number of nitrogens with zero attached hydrogens (tertiary/aromatic N) is 5. The fourth-order valence-corrected chi connectivity index (χ4v) is 6.13. The predicted molar refractivity (Wildman–Crippen MR) is 136 cm³/mol. The summed E-state index contributed by atoms with van der Waals surface area (Å²) in [6.45, 7) is 0.612. The number of likely N-dealkylation sites (tertiary alicyclic amines) is 1. The van der Waals surface area contributed by atoms with E-state index in [2.05, 4.69) is 10.3 Å². The molecule has 202 valence electrons. The van der Waals surface area contributed by atoms with Gasteiger partial charge in [0.25, 0.3) is 5.91 Å². The molecule has 8 nitrogen and oxygen atoms in total. The second-order valence-corrected chi connectivity index (χ2v) is 10.7. The molecule has 5 rings (SSSR count). The monoisotopic (exact) mass is 587 g/mol. The summed E-state index contributed by atoms with van der Waals surface area (Å²) in [5, 5.41) is 11.8. The molecule has 0 bridgehead atoms. The van der Waals surface area contributed by atoms with Crippen molar-refractivity contribution in [3.63, 3.8) is 0 Å². The summed E-state index contributed by atoms with van der Waals surface area (Å²) in [6.07, 6.45) is -3.00. The first kappa shape index (κ1) is 26.8. The maximum absolute atomic E-state index is 12.9. The molecular formula is C24H22Cl2F3N5O3S. The molecule has 1 fully saturated rings. The van der Waals surface area contributed by atoms with E-state index in [4.69, 9.17) is 37.8 Å². The van der Waals surface area contributed by atoms with Gasteiger partial charge in [0.15, 0.2) is 12.7 Å². The Morgan fingerprint density at radius 2 is 1.95 bits per heavy atom. The van der Waals surface area contributed by atoms with Crippen molar-refractivity contribution in [3.8, 4) is 5.88 Å². The zero-order valence-corrected chi connectivity index (χ0v) is 22.4. The number of aromatic nitrogens is 3. The Hall–Kier alpha value is -2.83. The van der Waals surface area contributed by atoms with Gasteiger partial charge in [-0.1, -0.05) is 34.4 Å². The number of ether oxygens (including phenoxy) is 1. The number of piperidine rings is 1. The van der Waals surface area contributed by atoms with E-state index in [0.717, 1.165) is 22.5 Å². The van der Waals surface area contributed by atoms with Crippen molar-refractivity contribution in [2.75, 3.05) is 19.7 Å². The summed E-state index contributed by atoms with van der Waals surface area (Å²) in [7, 11) is 1.17. The predicted octanol–water partition coefficient (Wildman–Crippen LogP) is 5.85. The van der Waals surface area contributed by atoms with Crippen molar-refractivity contribution in [2.24, 2.45) is 12.2 Å². The number of aryl methyl sites for hydroxylation is 1. The molecule has 1 saturated heterocycles. The summed E-state index contributed by atoms with van der Waals surface area (Å²) in [6, 6.07) is 6.08. The lowest BCUT2D eigenvalue weighted by atomic mass is 9.97. The molecule has 38 heavy (non-hydrogen) atoms. The molecule has 1 aromatic carbocycles. The highest BCUT2D eigenvalue weighted by Gasteiger charge is 2.35. The molecule has 14 heteroatoms. The third-order valence-corrected chi connectivity index (χ3v) is 8.16. The van der Waals surface area contributed by atoms with Gasteiger partial charge < -0.3 is 14.5 Å². The lowest BCUT2D eigenvalue weighted by Gasteiger charge is -2.31. The second kappa shape index (κ2) is 10.7. The van der Waals surface area contributed by atoms with Crippen LogP contribution < -0.4 is 4.74 Å². The SMILES string of the molecule is Cn1nc(OCC(=O)N2CCC(c3nc(C4=NOC(c5c(Cl)cccc5Cl)C4)cs3)CC2)cc1C(F)(F)F. The van der Waals surface area contributed by atoms with Crippen molar-refractivity contribution < 1.29 is 27.5 Å². The van der Waals surface area contributed by atoms with Gasteiger partial charge in [0.1, 0.15) is 11.4 Å². The van der Waals surface area contributed by atoms with E-state index in [-0.39, 0.29) is 30.4 Å². The van der Waals surface area contributed by atoms with E-state index in [1.165, 1.54) is 18.4 Å². The van der Waals surface area contributed by atoms with Crippen LogP contribution in [0.15, 0.2) is 34.8 Å². The van der Waals surface area contributed by atoms with Crippen LogP contribution in [0.1, 0.15) is 53.2 Å². The fourth-order valence-electron chi connectivity index (χ4n) is 4.49. The number of carbonyl (C=O) groups excluding carboxylic acids is 1. The smallest absolute Gasteiger partial charge is 0.433 e. The van der Waals surface area contributed by atoms with Gasteiger partial charge in [-0.2, -0.15) is 13.2 Å². The Bertz CT molecular complexity index is 1350. The first-order chi connectivity index (χ1) is 18.1. The molecule has 0 radical (unpaired) electrons. The Balaban J connectivity index is 1.13. The van der Waals surface area contributed by atoms with Crippen LogP contribution in [0.2, 0.25) is 10.0 Å². The van der Waals surface area contributed by atoms with Gasteiger partial charge in [0.2, 0.25) is 5.88 Å². The van der Waals surface area contributed by atoms with Gasteiger partial charge in [-0.05, 0) is 25.0 Å².